The Balaban J connectivity index is 1.64. The van der Waals surface area contributed by atoms with Crippen molar-refractivity contribution in [1.29, 1.82) is 5.26 Å². The lowest BCUT2D eigenvalue weighted by Crippen LogP contribution is -2.48. The fraction of sp³-hybridized carbons (Fsp3) is 0.185. The van der Waals surface area contributed by atoms with E-state index in [1.807, 2.05) is 38.1 Å². The molecule has 1 unspecified atom stereocenters. The van der Waals surface area contributed by atoms with Gasteiger partial charge in [0, 0.05) is 21.7 Å². The molecule has 0 spiro atoms. The molecule has 3 aromatic rings. The van der Waals surface area contributed by atoms with Gasteiger partial charge in [-0.1, -0.05) is 55.8 Å². The molecule has 0 fully saturated rings. The number of hydrogen-bond donors (Lipinski definition) is 2. The fourth-order valence-electron chi connectivity index (χ4n) is 3.23. The van der Waals surface area contributed by atoms with Crippen molar-refractivity contribution >= 4 is 29.6 Å². The predicted molar refractivity (Wildman–Crippen MR) is 135 cm³/mol. The molecule has 0 aromatic heterocycles. The second-order valence-corrected chi connectivity index (χ2v) is 8.47. The number of nitriles is 1. The molecular weight excluding hydrogens is 464 g/mol. The monoisotopic (exact) mass is 488 g/mol. The summed E-state index contributed by atoms with van der Waals surface area (Å²) in [6.45, 7) is 3.88. The van der Waals surface area contributed by atoms with Crippen molar-refractivity contribution in [2.24, 2.45) is 11.0 Å². The van der Waals surface area contributed by atoms with Crippen LogP contribution in [0.15, 0.2) is 77.9 Å². The molecule has 3 aromatic carbocycles. The zero-order valence-corrected chi connectivity index (χ0v) is 20.1. The van der Waals surface area contributed by atoms with Crippen molar-refractivity contribution < 1.29 is 14.3 Å². The minimum absolute atomic E-state index is 0.169. The molecule has 0 bridgehead atoms. The Kier molecular flexibility index (Phi) is 8.99. The topological polar surface area (TPSA) is 104 Å². The summed E-state index contributed by atoms with van der Waals surface area (Å²) >= 11 is 5.87. The lowest BCUT2D eigenvalue weighted by molar-refractivity contribution is -0.123. The normalized spacial score (nSPS) is 11.6. The molecule has 0 saturated carbocycles. The van der Waals surface area contributed by atoms with Crippen LogP contribution in [0.25, 0.3) is 0 Å². The molecule has 0 heterocycles. The largest absolute Gasteiger partial charge is 0.488 e. The van der Waals surface area contributed by atoms with Crippen LogP contribution in [0.4, 0.5) is 0 Å². The highest BCUT2D eigenvalue weighted by Gasteiger charge is 2.24. The second kappa shape index (κ2) is 12.4. The summed E-state index contributed by atoms with van der Waals surface area (Å²) in [6.07, 6.45) is 1.47. The Bertz CT molecular complexity index is 1250. The predicted octanol–water partition coefficient (Wildman–Crippen LogP) is 4.70. The van der Waals surface area contributed by atoms with Crippen molar-refractivity contribution in [2.45, 2.75) is 26.5 Å². The van der Waals surface area contributed by atoms with Crippen LogP contribution < -0.4 is 15.5 Å². The van der Waals surface area contributed by atoms with E-state index in [-0.39, 0.29) is 18.4 Å². The number of nitrogens with one attached hydrogen (secondary N) is 2. The summed E-state index contributed by atoms with van der Waals surface area (Å²) in [7, 11) is 0. The highest BCUT2D eigenvalue weighted by molar-refractivity contribution is 6.30. The minimum Gasteiger partial charge on any atom is -0.488 e. The van der Waals surface area contributed by atoms with Gasteiger partial charge in [0.15, 0.2) is 0 Å². The van der Waals surface area contributed by atoms with E-state index < -0.39 is 11.9 Å². The van der Waals surface area contributed by atoms with Crippen molar-refractivity contribution in [1.82, 2.24) is 10.7 Å². The molecule has 178 valence electrons. The molecule has 0 aliphatic rings. The third-order valence-electron chi connectivity index (χ3n) is 5.16. The first-order valence-electron chi connectivity index (χ1n) is 11.0. The van der Waals surface area contributed by atoms with Crippen molar-refractivity contribution in [3.8, 4) is 11.8 Å². The molecule has 8 heteroatoms. The number of halogens is 1. The smallest absolute Gasteiger partial charge is 0.262 e. The maximum Gasteiger partial charge on any atom is 0.262 e. The number of amides is 2. The number of carbonyl (C=O) groups excluding carboxylic acids is 2. The molecular formula is C27H25ClN4O3. The summed E-state index contributed by atoms with van der Waals surface area (Å²) in [5, 5.41) is 16.6. The number of rotatable bonds is 9. The average molecular weight is 489 g/mol. The second-order valence-electron chi connectivity index (χ2n) is 8.03. The summed E-state index contributed by atoms with van der Waals surface area (Å²) in [4.78, 5) is 25.3. The molecule has 3 rings (SSSR count). The van der Waals surface area contributed by atoms with E-state index in [1.54, 1.807) is 48.5 Å². The number of benzene rings is 3. The summed E-state index contributed by atoms with van der Waals surface area (Å²) < 4.78 is 5.90. The molecule has 2 amide bonds. The quantitative estimate of drug-likeness (QED) is 0.336. The first-order valence-corrected chi connectivity index (χ1v) is 11.4. The van der Waals surface area contributed by atoms with Crippen LogP contribution in [-0.2, 0) is 11.4 Å². The van der Waals surface area contributed by atoms with E-state index in [4.69, 9.17) is 16.3 Å². The summed E-state index contributed by atoms with van der Waals surface area (Å²) in [5.41, 5.74) is 4.86. The number of nitrogens with zero attached hydrogens (tertiary/aromatic N) is 2. The van der Waals surface area contributed by atoms with Gasteiger partial charge in [-0.3, -0.25) is 9.59 Å². The minimum atomic E-state index is -0.788. The number of ether oxygens (including phenoxy) is 1. The van der Waals surface area contributed by atoms with E-state index in [1.165, 1.54) is 6.21 Å². The van der Waals surface area contributed by atoms with Crippen LogP contribution in [0.2, 0.25) is 5.02 Å². The van der Waals surface area contributed by atoms with E-state index in [0.29, 0.717) is 27.5 Å². The number of hydrogen-bond acceptors (Lipinski definition) is 5. The van der Waals surface area contributed by atoms with Gasteiger partial charge < -0.3 is 10.1 Å². The SMILES string of the molecule is CC(C)C(NC(=O)c1ccc(Cl)cc1)C(=O)N/N=C/c1ccccc1OCc1ccccc1C#N. The maximum absolute atomic E-state index is 12.7. The van der Waals surface area contributed by atoms with Gasteiger partial charge >= 0.3 is 0 Å². The van der Waals surface area contributed by atoms with Crippen LogP contribution in [0.3, 0.4) is 0 Å². The zero-order valence-electron chi connectivity index (χ0n) is 19.4. The Labute approximate surface area is 209 Å². The standard InChI is InChI=1S/C27H25ClN4O3/c1-18(2)25(31-26(33)19-11-13-23(28)14-12-19)27(34)32-30-16-21-8-5-6-10-24(21)35-17-22-9-4-3-7-20(22)15-29/h3-14,16,18,25H,17H2,1-2H3,(H,31,33)(H,32,34)/b30-16+. The van der Waals surface area contributed by atoms with Gasteiger partial charge in [-0.05, 0) is 48.4 Å². The van der Waals surface area contributed by atoms with E-state index in [0.717, 1.165) is 5.56 Å². The molecule has 35 heavy (non-hydrogen) atoms. The van der Waals surface area contributed by atoms with Crippen LogP contribution in [0, 0.1) is 17.2 Å². The third-order valence-corrected chi connectivity index (χ3v) is 5.41. The van der Waals surface area contributed by atoms with Crippen molar-refractivity contribution in [3.63, 3.8) is 0 Å². The van der Waals surface area contributed by atoms with Crippen LogP contribution in [0.1, 0.15) is 40.9 Å². The summed E-state index contributed by atoms with van der Waals surface area (Å²) in [5.74, 6) is -0.442. The zero-order chi connectivity index (χ0) is 25.2. The fourth-order valence-corrected chi connectivity index (χ4v) is 3.35. The Hall–Kier alpha value is -4.15. The maximum atomic E-state index is 12.7. The van der Waals surface area contributed by atoms with Crippen molar-refractivity contribution in [2.75, 3.05) is 0 Å². The van der Waals surface area contributed by atoms with E-state index in [2.05, 4.69) is 21.9 Å². The molecule has 0 saturated heterocycles. The molecule has 1 atom stereocenters. The third kappa shape index (κ3) is 7.16. The summed E-state index contributed by atoms with van der Waals surface area (Å²) in [6, 6.07) is 22.2. The van der Waals surface area contributed by atoms with Gasteiger partial charge in [0.25, 0.3) is 11.8 Å². The Morgan fingerprint density at radius 2 is 1.74 bits per heavy atom. The Morgan fingerprint density at radius 1 is 1.06 bits per heavy atom. The number of para-hydroxylation sites is 1. The average Bonchev–Trinajstić information content (AvgIpc) is 2.86. The van der Waals surface area contributed by atoms with Crippen LogP contribution in [0.5, 0.6) is 5.75 Å². The van der Waals surface area contributed by atoms with Gasteiger partial charge in [0.1, 0.15) is 18.4 Å². The molecule has 2 N–H and O–H groups in total. The number of hydrazone groups is 1. The van der Waals surface area contributed by atoms with Gasteiger partial charge in [0.2, 0.25) is 0 Å². The first kappa shape index (κ1) is 25.5. The van der Waals surface area contributed by atoms with Gasteiger partial charge in [0.05, 0.1) is 17.8 Å². The Morgan fingerprint density at radius 3 is 2.46 bits per heavy atom. The lowest BCUT2D eigenvalue weighted by atomic mass is 10.0. The van der Waals surface area contributed by atoms with Gasteiger partial charge in [-0.2, -0.15) is 10.4 Å². The highest BCUT2D eigenvalue weighted by atomic mass is 35.5. The van der Waals surface area contributed by atoms with E-state index in [9.17, 15) is 14.9 Å². The van der Waals surface area contributed by atoms with Gasteiger partial charge in [-0.25, -0.2) is 5.43 Å². The van der Waals surface area contributed by atoms with E-state index >= 15 is 0 Å². The first-order chi connectivity index (χ1) is 16.9. The molecule has 0 aliphatic heterocycles. The van der Waals surface area contributed by atoms with Gasteiger partial charge in [-0.15, -0.1) is 0 Å². The number of carbonyl (C=O) groups is 2. The van der Waals surface area contributed by atoms with Crippen LogP contribution >= 0.6 is 11.6 Å². The van der Waals surface area contributed by atoms with Crippen molar-refractivity contribution in [3.05, 3.63) is 100 Å². The molecule has 0 radical (unpaired) electrons. The highest BCUT2D eigenvalue weighted by Crippen LogP contribution is 2.19. The molecule has 7 nitrogen and oxygen atoms in total. The lowest BCUT2D eigenvalue weighted by Gasteiger charge is -2.20. The molecule has 0 aliphatic carbocycles. The van der Waals surface area contributed by atoms with Crippen LogP contribution in [-0.4, -0.2) is 24.1 Å².